The number of carbonyl (C=O) groups excluding carboxylic acids is 1. The van der Waals surface area contributed by atoms with E-state index in [1.807, 2.05) is 20.8 Å². The van der Waals surface area contributed by atoms with Crippen molar-refractivity contribution in [1.29, 1.82) is 0 Å². The normalized spacial score (nSPS) is 18.6. The molecule has 2 rings (SSSR count). The quantitative estimate of drug-likeness (QED) is 0.818. The van der Waals surface area contributed by atoms with Crippen LogP contribution in [0.3, 0.4) is 0 Å². The summed E-state index contributed by atoms with van der Waals surface area (Å²) in [5.74, 6) is -0.0107. The van der Waals surface area contributed by atoms with Crippen molar-refractivity contribution in [2.75, 3.05) is 19.6 Å². The maximum absolute atomic E-state index is 12.3. The molecule has 1 N–H and O–H groups in total. The smallest absolute Gasteiger partial charge is 0.410 e. The van der Waals surface area contributed by atoms with Crippen molar-refractivity contribution in [3.63, 3.8) is 0 Å². The minimum Gasteiger partial charge on any atom is -0.444 e. The largest absolute Gasteiger partial charge is 0.444 e. The van der Waals surface area contributed by atoms with Gasteiger partial charge in [0.1, 0.15) is 5.60 Å². The number of hydrogen-bond acceptors (Lipinski definition) is 4. The summed E-state index contributed by atoms with van der Waals surface area (Å²) in [4.78, 5) is 13.8. The monoisotopic (exact) mass is 402 g/mol. The highest BCUT2D eigenvalue weighted by molar-refractivity contribution is 7.88. The van der Waals surface area contributed by atoms with Crippen LogP contribution < -0.4 is 4.72 Å². The zero-order valence-electron chi connectivity index (χ0n) is 15.5. The molecule has 0 aromatic heterocycles. The maximum atomic E-state index is 12.3. The minimum atomic E-state index is -3.44. The first-order valence-electron chi connectivity index (χ1n) is 8.74. The van der Waals surface area contributed by atoms with E-state index in [1.54, 1.807) is 29.2 Å². The minimum absolute atomic E-state index is 0.0799. The Hall–Kier alpha value is -1.31. The van der Waals surface area contributed by atoms with Gasteiger partial charge in [-0.2, -0.15) is 0 Å². The molecule has 1 aromatic rings. The molecule has 6 nitrogen and oxygen atoms in total. The van der Waals surface area contributed by atoms with Crippen LogP contribution in [0.2, 0.25) is 5.02 Å². The highest BCUT2D eigenvalue weighted by Gasteiger charge is 2.28. The van der Waals surface area contributed by atoms with Gasteiger partial charge in [0, 0.05) is 24.7 Å². The molecule has 0 radical (unpaired) electrons. The van der Waals surface area contributed by atoms with Gasteiger partial charge in [-0.15, -0.1) is 0 Å². The van der Waals surface area contributed by atoms with Crippen molar-refractivity contribution in [3.05, 3.63) is 34.9 Å². The number of halogens is 1. The van der Waals surface area contributed by atoms with Crippen molar-refractivity contribution in [1.82, 2.24) is 9.62 Å². The number of nitrogens with one attached hydrogen (secondary N) is 1. The topological polar surface area (TPSA) is 75.7 Å². The maximum Gasteiger partial charge on any atom is 0.410 e. The van der Waals surface area contributed by atoms with Crippen molar-refractivity contribution in [2.45, 2.75) is 45.0 Å². The van der Waals surface area contributed by atoms with E-state index in [1.165, 1.54) is 0 Å². The molecule has 1 aliphatic heterocycles. The lowest BCUT2D eigenvalue weighted by atomic mass is 9.99. The number of nitrogens with zero attached hydrogens (tertiary/aromatic N) is 1. The van der Waals surface area contributed by atoms with Gasteiger partial charge in [0.25, 0.3) is 0 Å². The lowest BCUT2D eigenvalue weighted by Crippen LogP contribution is -2.45. The second kappa shape index (κ2) is 8.59. The van der Waals surface area contributed by atoms with Gasteiger partial charge in [0.2, 0.25) is 10.0 Å². The van der Waals surface area contributed by atoms with Crippen LogP contribution in [0.15, 0.2) is 24.3 Å². The Bertz CT molecular complexity index is 714. The summed E-state index contributed by atoms with van der Waals surface area (Å²) in [6.45, 7) is 6.95. The molecule has 0 bridgehead atoms. The summed E-state index contributed by atoms with van der Waals surface area (Å²) >= 11 is 5.82. The Morgan fingerprint density at radius 2 is 1.96 bits per heavy atom. The molecule has 1 fully saturated rings. The summed E-state index contributed by atoms with van der Waals surface area (Å²) in [5.41, 5.74) is 0.144. The molecule has 0 spiro atoms. The molecule has 26 heavy (non-hydrogen) atoms. The van der Waals surface area contributed by atoms with Crippen molar-refractivity contribution in [2.24, 2.45) is 5.92 Å². The van der Waals surface area contributed by atoms with E-state index >= 15 is 0 Å². The Morgan fingerprint density at radius 1 is 1.31 bits per heavy atom. The zero-order chi connectivity index (χ0) is 19.4. The van der Waals surface area contributed by atoms with Crippen LogP contribution in [0.1, 0.15) is 39.2 Å². The van der Waals surface area contributed by atoms with Gasteiger partial charge in [0.05, 0.1) is 5.75 Å². The molecule has 0 aliphatic carbocycles. The van der Waals surface area contributed by atoms with Crippen molar-refractivity contribution < 1.29 is 17.9 Å². The summed E-state index contributed by atoms with van der Waals surface area (Å²) in [6, 6.07) is 6.75. The van der Waals surface area contributed by atoms with Crippen LogP contribution >= 0.6 is 11.6 Å². The number of carbonyl (C=O) groups is 1. The first kappa shape index (κ1) is 21.0. The third kappa shape index (κ3) is 7.13. The standard InChI is InChI=1S/C18H27ClN2O4S/c1-18(2,3)25-17(22)21-10-4-5-15(12-21)11-20-26(23,24)13-14-6-8-16(19)9-7-14/h6-9,15,20H,4-5,10-13H2,1-3H3. The summed E-state index contributed by atoms with van der Waals surface area (Å²) < 4.78 is 32.6. The number of ether oxygens (including phenoxy) is 1. The van der Waals surface area contributed by atoms with Gasteiger partial charge in [0.15, 0.2) is 0 Å². The van der Waals surface area contributed by atoms with E-state index in [-0.39, 0.29) is 17.8 Å². The molecule has 0 saturated carbocycles. The van der Waals surface area contributed by atoms with E-state index in [4.69, 9.17) is 16.3 Å². The predicted octanol–water partition coefficient (Wildman–Crippen LogP) is 3.41. The number of rotatable bonds is 5. The van der Waals surface area contributed by atoms with Crippen molar-refractivity contribution in [3.8, 4) is 0 Å². The van der Waals surface area contributed by atoms with E-state index in [2.05, 4.69) is 4.72 Å². The lowest BCUT2D eigenvalue weighted by Gasteiger charge is -2.34. The number of amides is 1. The van der Waals surface area contributed by atoms with E-state index in [9.17, 15) is 13.2 Å². The zero-order valence-corrected chi connectivity index (χ0v) is 17.1. The molecular weight excluding hydrogens is 376 g/mol. The number of benzene rings is 1. The highest BCUT2D eigenvalue weighted by Crippen LogP contribution is 2.19. The molecule has 1 saturated heterocycles. The summed E-state index contributed by atoms with van der Waals surface area (Å²) in [6.07, 6.45) is 1.37. The first-order chi connectivity index (χ1) is 12.0. The lowest BCUT2D eigenvalue weighted by molar-refractivity contribution is 0.0169. The van der Waals surface area contributed by atoms with Gasteiger partial charge >= 0.3 is 6.09 Å². The van der Waals surface area contributed by atoms with Gasteiger partial charge in [-0.25, -0.2) is 17.9 Å². The van der Waals surface area contributed by atoms with E-state index in [0.29, 0.717) is 30.2 Å². The fourth-order valence-electron chi connectivity index (χ4n) is 2.82. The number of piperidine rings is 1. The molecule has 1 atom stereocenters. The molecule has 8 heteroatoms. The molecule has 146 valence electrons. The van der Waals surface area contributed by atoms with Crippen LogP contribution in [0, 0.1) is 5.92 Å². The number of sulfonamides is 1. The Labute approximate surface area is 160 Å². The summed E-state index contributed by atoms with van der Waals surface area (Å²) in [5, 5.41) is 0.573. The molecular formula is C18H27ClN2O4S. The average Bonchev–Trinajstić information content (AvgIpc) is 2.54. The Balaban J connectivity index is 1.86. The number of hydrogen-bond donors (Lipinski definition) is 1. The summed E-state index contributed by atoms with van der Waals surface area (Å²) in [7, 11) is -3.44. The Kier molecular flexibility index (Phi) is 6.93. The predicted molar refractivity (Wildman–Crippen MR) is 103 cm³/mol. The Morgan fingerprint density at radius 3 is 2.58 bits per heavy atom. The van der Waals surface area contributed by atoms with Crippen LogP contribution in [0.5, 0.6) is 0 Å². The van der Waals surface area contributed by atoms with Crippen molar-refractivity contribution >= 4 is 27.7 Å². The van der Waals surface area contributed by atoms with E-state index < -0.39 is 15.6 Å². The van der Waals surface area contributed by atoms with E-state index in [0.717, 1.165) is 12.8 Å². The fraction of sp³-hybridized carbons (Fsp3) is 0.611. The van der Waals surface area contributed by atoms with Crippen LogP contribution in [0.4, 0.5) is 4.79 Å². The van der Waals surface area contributed by atoms with Gasteiger partial charge in [-0.05, 0) is 57.2 Å². The van der Waals surface area contributed by atoms with Crippen LogP contribution in [0.25, 0.3) is 0 Å². The van der Waals surface area contributed by atoms with Crippen LogP contribution in [-0.2, 0) is 20.5 Å². The second-order valence-corrected chi connectivity index (χ2v) is 9.91. The van der Waals surface area contributed by atoms with Crippen LogP contribution in [-0.4, -0.2) is 44.6 Å². The molecule has 1 heterocycles. The van der Waals surface area contributed by atoms with Gasteiger partial charge < -0.3 is 9.64 Å². The number of likely N-dealkylation sites (tertiary alicyclic amines) is 1. The average molecular weight is 403 g/mol. The molecule has 1 unspecified atom stereocenters. The third-order valence-corrected chi connectivity index (χ3v) is 5.60. The third-order valence-electron chi connectivity index (χ3n) is 4.03. The SMILES string of the molecule is CC(C)(C)OC(=O)N1CCCC(CNS(=O)(=O)Cc2ccc(Cl)cc2)C1. The van der Waals surface area contributed by atoms with Gasteiger partial charge in [-0.1, -0.05) is 23.7 Å². The first-order valence-corrected chi connectivity index (χ1v) is 10.8. The fourth-order valence-corrected chi connectivity index (χ4v) is 4.17. The highest BCUT2D eigenvalue weighted by atomic mass is 35.5. The van der Waals surface area contributed by atoms with Gasteiger partial charge in [-0.3, -0.25) is 0 Å². The molecule has 1 aromatic carbocycles. The molecule has 1 aliphatic rings. The second-order valence-electron chi connectivity index (χ2n) is 7.67. The molecule has 1 amide bonds.